The molecule has 0 N–H and O–H groups in total. The summed E-state index contributed by atoms with van der Waals surface area (Å²) < 4.78 is 12.3. The van der Waals surface area contributed by atoms with Crippen molar-refractivity contribution >= 4 is 11.6 Å². The summed E-state index contributed by atoms with van der Waals surface area (Å²) in [6.45, 7) is 14.4. The zero-order valence-electron chi connectivity index (χ0n) is 17.6. The molecule has 1 amide bonds. The van der Waals surface area contributed by atoms with Gasteiger partial charge in [-0.05, 0) is 37.8 Å². The maximum absolute atomic E-state index is 13.1. The van der Waals surface area contributed by atoms with Crippen molar-refractivity contribution in [3.05, 3.63) is 41.6 Å². The van der Waals surface area contributed by atoms with Gasteiger partial charge in [0, 0.05) is 30.8 Å². The zero-order chi connectivity index (χ0) is 20.1. The van der Waals surface area contributed by atoms with Crippen molar-refractivity contribution in [3.8, 4) is 0 Å². The van der Waals surface area contributed by atoms with Crippen molar-refractivity contribution < 1.29 is 14.3 Å². The van der Waals surface area contributed by atoms with Crippen molar-refractivity contribution in [2.45, 2.75) is 58.7 Å². The summed E-state index contributed by atoms with van der Waals surface area (Å²) >= 11 is 0. The number of amides is 1. The summed E-state index contributed by atoms with van der Waals surface area (Å²) in [7, 11) is 0. The highest BCUT2D eigenvalue weighted by Crippen LogP contribution is 2.50. The number of benzene rings is 1. The third-order valence-electron chi connectivity index (χ3n) is 5.50. The molecule has 0 aromatic heterocycles. The maximum Gasteiger partial charge on any atom is 0.253 e. The van der Waals surface area contributed by atoms with Crippen LogP contribution in [0, 0.1) is 0 Å². The summed E-state index contributed by atoms with van der Waals surface area (Å²) in [6.07, 6.45) is 4.94. The van der Waals surface area contributed by atoms with Crippen molar-refractivity contribution in [2.75, 3.05) is 37.7 Å². The first-order valence-corrected chi connectivity index (χ1v) is 10.8. The first-order chi connectivity index (χ1) is 13.6. The molecule has 5 nitrogen and oxygen atoms in total. The van der Waals surface area contributed by atoms with E-state index in [1.165, 1.54) is 0 Å². The molecule has 1 aromatic rings. The molecule has 0 bridgehead atoms. The molecule has 28 heavy (non-hydrogen) atoms. The number of unbranched alkanes of at least 4 members (excludes halogenated alkanes) is 1. The van der Waals surface area contributed by atoms with E-state index in [0.29, 0.717) is 13.2 Å². The number of carbonyl (C=O) groups excluding carboxylic acids is 1. The van der Waals surface area contributed by atoms with E-state index in [1.54, 1.807) is 0 Å². The summed E-state index contributed by atoms with van der Waals surface area (Å²) in [5.74, 6) is -0.797. The Morgan fingerprint density at radius 3 is 2.43 bits per heavy atom. The standard InChI is InChI=1S/C23H34N2O3/c1-5-8-14-25-18(4)23(27-15-9-16-28-23)20-11-10-19(17-21(20)25)22(26)24(12-6-2)13-7-3/h10-11,17H,4-9,12-16H2,1-3H3. The normalized spacial score (nSPS) is 17.8. The lowest BCUT2D eigenvalue weighted by molar-refractivity contribution is -0.248. The van der Waals surface area contributed by atoms with Crippen LogP contribution in [0.4, 0.5) is 5.69 Å². The van der Waals surface area contributed by atoms with Crippen LogP contribution in [0.1, 0.15) is 68.8 Å². The third kappa shape index (κ3) is 3.70. The Bertz CT molecular complexity index is 704. The molecule has 0 saturated carbocycles. The lowest BCUT2D eigenvalue weighted by atomic mass is 10.0. The maximum atomic E-state index is 13.1. The van der Waals surface area contributed by atoms with Crippen LogP contribution in [0.15, 0.2) is 30.5 Å². The fraction of sp³-hybridized carbons (Fsp3) is 0.609. The Morgan fingerprint density at radius 2 is 1.82 bits per heavy atom. The Balaban J connectivity index is 1.98. The second kappa shape index (κ2) is 9.10. The average Bonchev–Trinajstić information content (AvgIpc) is 2.93. The fourth-order valence-corrected chi connectivity index (χ4v) is 4.11. The number of rotatable bonds is 8. The highest BCUT2D eigenvalue weighted by Gasteiger charge is 2.50. The molecule has 0 aliphatic carbocycles. The van der Waals surface area contributed by atoms with Crippen LogP contribution in [-0.4, -0.2) is 43.7 Å². The molecule has 5 heteroatoms. The highest BCUT2D eigenvalue weighted by atomic mass is 16.7. The molecule has 154 valence electrons. The minimum atomic E-state index is -0.893. The van der Waals surface area contributed by atoms with Gasteiger partial charge in [0.25, 0.3) is 5.91 Å². The predicted octanol–water partition coefficient (Wildman–Crippen LogP) is 4.67. The molecular weight excluding hydrogens is 352 g/mol. The van der Waals surface area contributed by atoms with E-state index in [1.807, 2.05) is 23.1 Å². The second-order valence-corrected chi connectivity index (χ2v) is 7.64. The molecule has 0 atom stereocenters. The summed E-state index contributed by atoms with van der Waals surface area (Å²) in [4.78, 5) is 17.3. The quantitative estimate of drug-likeness (QED) is 0.651. The molecule has 0 radical (unpaired) electrons. The van der Waals surface area contributed by atoms with Crippen molar-refractivity contribution in [2.24, 2.45) is 0 Å². The lowest BCUT2D eigenvalue weighted by Crippen LogP contribution is -2.40. The number of nitrogens with zero attached hydrogens (tertiary/aromatic N) is 2. The predicted molar refractivity (Wildman–Crippen MR) is 113 cm³/mol. The number of ether oxygens (including phenoxy) is 2. The van der Waals surface area contributed by atoms with Gasteiger partial charge in [0.05, 0.1) is 24.6 Å². The third-order valence-corrected chi connectivity index (χ3v) is 5.50. The minimum Gasteiger partial charge on any atom is -0.341 e. The molecule has 2 aliphatic rings. The zero-order valence-corrected chi connectivity index (χ0v) is 17.6. The molecule has 1 fully saturated rings. The Kier molecular flexibility index (Phi) is 6.78. The van der Waals surface area contributed by atoms with E-state index in [9.17, 15) is 4.79 Å². The topological polar surface area (TPSA) is 42.0 Å². The van der Waals surface area contributed by atoms with Gasteiger partial charge in [-0.3, -0.25) is 4.79 Å². The molecule has 2 aliphatic heterocycles. The smallest absolute Gasteiger partial charge is 0.253 e. The van der Waals surface area contributed by atoms with Gasteiger partial charge in [-0.25, -0.2) is 0 Å². The van der Waals surface area contributed by atoms with E-state index in [0.717, 1.165) is 74.2 Å². The van der Waals surface area contributed by atoms with Gasteiger partial charge < -0.3 is 19.3 Å². The minimum absolute atomic E-state index is 0.0963. The molecule has 3 rings (SSSR count). The first kappa shape index (κ1) is 20.9. The van der Waals surface area contributed by atoms with E-state index >= 15 is 0 Å². The Morgan fingerprint density at radius 1 is 1.14 bits per heavy atom. The monoisotopic (exact) mass is 386 g/mol. The van der Waals surface area contributed by atoms with Gasteiger partial charge in [0.15, 0.2) is 0 Å². The first-order valence-electron chi connectivity index (χ1n) is 10.8. The van der Waals surface area contributed by atoms with E-state index in [-0.39, 0.29) is 5.91 Å². The van der Waals surface area contributed by atoms with Crippen LogP contribution in [0.3, 0.4) is 0 Å². The van der Waals surface area contributed by atoms with Gasteiger partial charge >= 0.3 is 0 Å². The second-order valence-electron chi connectivity index (χ2n) is 7.64. The fourth-order valence-electron chi connectivity index (χ4n) is 4.11. The summed E-state index contributed by atoms with van der Waals surface area (Å²) in [5, 5.41) is 0. The Hall–Kier alpha value is -1.85. The van der Waals surface area contributed by atoms with Crippen LogP contribution < -0.4 is 4.90 Å². The van der Waals surface area contributed by atoms with Crippen molar-refractivity contribution in [3.63, 3.8) is 0 Å². The Labute approximate surface area is 169 Å². The van der Waals surface area contributed by atoms with Gasteiger partial charge in [0.2, 0.25) is 5.79 Å². The molecule has 1 saturated heterocycles. The van der Waals surface area contributed by atoms with Crippen LogP contribution in [0.2, 0.25) is 0 Å². The van der Waals surface area contributed by atoms with E-state index in [4.69, 9.17) is 9.47 Å². The number of hydrogen-bond acceptors (Lipinski definition) is 4. The van der Waals surface area contributed by atoms with Gasteiger partial charge in [-0.2, -0.15) is 0 Å². The van der Waals surface area contributed by atoms with Crippen LogP contribution in [0.25, 0.3) is 0 Å². The van der Waals surface area contributed by atoms with Gasteiger partial charge in [-0.15, -0.1) is 0 Å². The van der Waals surface area contributed by atoms with Crippen LogP contribution >= 0.6 is 0 Å². The largest absolute Gasteiger partial charge is 0.341 e. The lowest BCUT2D eigenvalue weighted by Gasteiger charge is -2.36. The van der Waals surface area contributed by atoms with Gasteiger partial charge in [0.1, 0.15) is 0 Å². The molecule has 0 unspecified atom stereocenters. The van der Waals surface area contributed by atoms with Crippen molar-refractivity contribution in [1.82, 2.24) is 4.90 Å². The number of fused-ring (bicyclic) bond motifs is 2. The van der Waals surface area contributed by atoms with Crippen LogP contribution in [-0.2, 0) is 15.3 Å². The molecule has 2 heterocycles. The van der Waals surface area contributed by atoms with Crippen LogP contribution in [0.5, 0.6) is 0 Å². The average molecular weight is 387 g/mol. The summed E-state index contributed by atoms with van der Waals surface area (Å²) in [5.41, 5.74) is 3.53. The van der Waals surface area contributed by atoms with E-state index in [2.05, 4.69) is 32.3 Å². The van der Waals surface area contributed by atoms with Gasteiger partial charge in [-0.1, -0.05) is 39.8 Å². The number of hydrogen-bond donors (Lipinski definition) is 0. The molecule has 1 aromatic carbocycles. The van der Waals surface area contributed by atoms with Crippen molar-refractivity contribution in [1.29, 1.82) is 0 Å². The number of carbonyl (C=O) groups is 1. The SMILES string of the molecule is C=C1N(CCCC)c2cc(C(=O)N(CCC)CCC)ccc2C12OCCCO2. The van der Waals surface area contributed by atoms with E-state index < -0.39 is 5.79 Å². The summed E-state index contributed by atoms with van der Waals surface area (Å²) in [6, 6.07) is 5.92. The molecular formula is C23H34N2O3. The number of anilines is 1. The highest BCUT2D eigenvalue weighted by molar-refractivity contribution is 5.96. The molecule has 1 spiro atoms.